The molecule has 3 rings (SSSR count). The molecule has 0 aliphatic carbocycles. The van der Waals surface area contributed by atoms with Crippen LogP contribution in [0.25, 0.3) is 11.5 Å². The number of aryl methyl sites for hydroxylation is 1. The molecule has 0 fully saturated rings. The highest BCUT2D eigenvalue weighted by molar-refractivity contribution is 5.94. The fourth-order valence-corrected chi connectivity index (χ4v) is 2.08. The molecule has 1 aromatic heterocycles. The molecule has 0 aliphatic heterocycles. The summed E-state index contributed by atoms with van der Waals surface area (Å²) in [6.45, 7) is 2.05. The van der Waals surface area contributed by atoms with Gasteiger partial charge in [0.15, 0.2) is 0 Å². The van der Waals surface area contributed by atoms with E-state index in [0.717, 1.165) is 5.56 Å². The first-order valence-corrected chi connectivity index (χ1v) is 7.05. The third-order valence-corrected chi connectivity index (χ3v) is 3.24. The van der Waals surface area contributed by atoms with Crippen molar-refractivity contribution >= 4 is 5.91 Å². The van der Waals surface area contributed by atoms with Gasteiger partial charge in [-0.1, -0.05) is 17.7 Å². The van der Waals surface area contributed by atoms with Crippen LogP contribution in [-0.4, -0.2) is 16.1 Å². The van der Waals surface area contributed by atoms with Gasteiger partial charge in [-0.05, 0) is 43.3 Å². The Labute approximate surface area is 132 Å². The molecule has 1 amide bonds. The topological polar surface area (TPSA) is 68.0 Å². The maximum Gasteiger partial charge on any atom is 0.251 e. The van der Waals surface area contributed by atoms with Crippen LogP contribution >= 0.6 is 0 Å². The minimum Gasteiger partial charge on any atom is -0.419 e. The molecule has 0 spiro atoms. The van der Waals surface area contributed by atoms with Gasteiger partial charge >= 0.3 is 0 Å². The van der Waals surface area contributed by atoms with Gasteiger partial charge < -0.3 is 9.73 Å². The van der Waals surface area contributed by atoms with Crippen molar-refractivity contribution in [2.24, 2.45) is 0 Å². The average molecular weight is 311 g/mol. The van der Waals surface area contributed by atoms with Crippen LogP contribution in [0.15, 0.2) is 52.9 Å². The van der Waals surface area contributed by atoms with Crippen LogP contribution in [0, 0.1) is 12.7 Å². The van der Waals surface area contributed by atoms with Gasteiger partial charge in [0, 0.05) is 11.1 Å². The van der Waals surface area contributed by atoms with Gasteiger partial charge in [-0.25, -0.2) is 4.39 Å². The number of carbonyl (C=O) groups is 1. The molecule has 0 bridgehead atoms. The first kappa shape index (κ1) is 14.9. The zero-order chi connectivity index (χ0) is 16.2. The molecule has 0 aliphatic rings. The first-order valence-electron chi connectivity index (χ1n) is 7.05. The number of benzene rings is 2. The lowest BCUT2D eigenvalue weighted by Crippen LogP contribution is -2.22. The summed E-state index contributed by atoms with van der Waals surface area (Å²) in [7, 11) is 0. The summed E-state index contributed by atoms with van der Waals surface area (Å²) in [5.74, 6) is 0.0178. The summed E-state index contributed by atoms with van der Waals surface area (Å²) in [5, 5.41) is 10.5. The number of nitrogens with one attached hydrogen (secondary N) is 1. The molecule has 0 saturated heterocycles. The minimum atomic E-state index is -0.334. The number of carbonyl (C=O) groups excluding carboxylic acids is 1. The second-order valence-electron chi connectivity index (χ2n) is 5.06. The molecule has 116 valence electrons. The summed E-state index contributed by atoms with van der Waals surface area (Å²) in [6, 6.07) is 13.0. The van der Waals surface area contributed by atoms with Crippen LogP contribution in [0.3, 0.4) is 0 Å². The molecular weight excluding hydrogens is 297 g/mol. The van der Waals surface area contributed by atoms with Gasteiger partial charge in [0.05, 0.1) is 6.54 Å². The van der Waals surface area contributed by atoms with Crippen molar-refractivity contribution in [3.8, 4) is 11.5 Å². The van der Waals surface area contributed by atoms with Crippen LogP contribution in [0.2, 0.25) is 0 Å². The van der Waals surface area contributed by atoms with Gasteiger partial charge in [-0.3, -0.25) is 4.79 Å². The molecule has 5 nitrogen and oxygen atoms in total. The maximum atomic E-state index is 12.9. The molecule has 1 heterocycles. The van der Waals surface area contributed by atoms with Crippen molar-refractivity contribution in [3.63, 3.8) is 0 Å². The van der Waals surface area contributed by atoms with E-state index in [2.05, 4.69) is 15.5 Å². The average Bonchev–Trinajstić information content (AvgIpc) is 3.02. The van der Waals surface area contributed by atoms with Crippen LogP contribution < -0.4 is 5.32 Å². The van der Waals surface area contributed by atoms with E-state index in [9.17, 15) is 9.18 Å². The Morgan fingerprint density at radius 3 is 2.70 bits per heavy atom. The van der Waals surface area contributed by atoms with Crippen molar-refractivity contribution in [2.75, 3.05) is 0 Å². The van der Waals surface area contributed by atoms with Crippen molar-refractivity contribution in [3.05, 3.63) is 71.4 Å². The Balaban J connectivity index is 1.65. The Bertz CT molecular complexity index is 828. The second kappa shape index (κ2) is 6.39. The van der Waals surface area contributed by atoms with Crippen LogP contribution in [0.1, 0.15) is 21.8 Å². The monoisotopic (exact) mass is 311 g/mol. The van der Waals surface area contributed by atoms with Crippen molar-refractivity contribution < 1.29 is 13.6 Å². The van der Waals surface area contributed by atoms with E-state index in [1.54, 1.807) is 24.3 Å². The van der Waals surface area contributed by atoms with Crippen molar-refractivity contribution in [1.82, 2.24) is 15.5 Å². The van der Waals surface area contributed by atoms with E-state index in [1.165, 1.54) is 12.1 Å². The maximum absolute atomic E-state index is 12.9. The zero-order valence-corrected chi connectivity index (χ0v) is 12.4. The van der Waals surface area contributed by atoms with Crippen molar-refractivity contribution in [2.45, 2.75) is 13.5 Å². The second-order valence-corrected chi connectivity index (χ2v) is 5.06. The lowest BCUT2D eigenvalue weighted by atomic mass is 10.1. The van der Waals surface area contributed by atoms with E-state index >= 15 is 0 Å². The molecular formula is C17H14FN3O2. The summed E-state index contributed by atoms with van der Waals surface area (Å²) in [5.41, 5.74) is 2.20. The molecule has 0 radical (unpaired) electrons. The lowest BCUT2D eigenvalue weighted by Gasteiger charge is -2.03. The van der Waals surface area contributed by atoms with Gasteiger partial charge in [-0.15, -0.1) is 10.2 Å². The number of amides is 1. The van der Waals surface area contributed by atoms with Crippen LogP contribution in [0.5, 0.6) is 0 Å². The fraction of sp³-hybridized carbons (Fsp3) is 0.118. The number of hydrogen-bond acceptors (Lipinski definition) is 4. The van der Waals surface area contributed by atoms with Crippen molar-refractivity contribution in [1.29, 1.82) is 0 Å². The molecule has 6 heteroatoms. The van der Waals surface area contributed by atoms with Gasteiger partial charge in [0.1, 0.15) is 5.82 Å². The van der Waals surface area contributed by atoms with E-state index in [0.29, 0.717) is 11.1 Å². The third kappa shape index (κ3) is 3.60. The Morgan fingerprint density at radius 1 is 1.17 bits per heavy atom. The number of hydrogen-bond donors (Lipinski definition) is 1. The predicted molar refractivity (Wildman–Crippen MR) is 82.0 cm³/mol. The Hall–Kier alpha value is -3.02. The summed E-state index contributed by atoms with van der Waals surface area (Å²) < 4.78 is 18.4. The standard InChI is InChI=1S/C17H14FN3O2/c1-11-3-2-4-13(9-11)16(22)19-10-15-20-21-17(23-15)12-5-7-14(18)8-6-12/h2-9H,10H2,1H3,(H,19,22). The summed E-state index contributed by atoms with van der Waals surface area (Å²) in [6.07, 6.45) is 0. The quantitative estimate of drug-likeness (QED) is 0.804. The SMILES string of the molecule is Cc1cccc(C(=O)NCc2nnc(-c3ccc(F)cc3)o2)c1. The molecule has 0 unspecified atom stereocenters. The normalized spacial score (nSPS) is 10.5. The van der Waals surface area contributed by atoms with Gasteiger partial charge in [-0.2, -0.15) is 0 Å². The van der Waals surface area contributed by atoms with E-state index in [4.69, 9.17) is 4.42 Å². The third-order valence-electron chi connectivity index (χ3n) is 3.24. The number of nitrogens with zero attached hydrogens (tertiary/aromatic N) is 2. The summed E-state index contributed by atoms with van der Waals surface area (Å²) >= 11 is 0. The molecule has 2 aromatic carbocycles. The Morgan fingerprint density at radius 2 is 1.96 bits per heavy atom. The van der Waals surface area contributed by atoms with Gasteiger partial charge in [0.25, 0.3) is 5.91 Å². The smallest absolute Gasteiger partial charge is 0.251 e. The first-order chi connectivity index (χ1) is 11.1. The number of rotatable bonds is 4. The molecule has 3 aromatic rings. The van der Waals surface area contributed by atoms with Crippen LogP contribution in [0.4, 0.5) is 4.39 Å². The highest BCUT2D eigenvalue weighted by atomic mass is 19.1. The Kier molecular flexibility index (Phi) is 4.14. The molecule has 1 N–H and O–H groups in total. The molecule has 0 saturated carbocycles. The molecule has 23 heavy (non-hydrogen) atoms. The highest BCUT2D eigenvalue weighted by Crippen LogP contribution is 2.18. The predicted octanol–water partition coefficient (Wildman–Crippen LogP) is 3.11. The van der Waals surface area contributed by atoms with Crippen LogP contribution in [-0.2, 0) is 6.54 Å². The molecule has 0 atom stereocenters. The highest BCUT2D eigenvalue weighted by Gasteiger charge is 2.11. The fourth-order valence-electron chi connectivity index (χ4n) is 2.08. The largest absolute Gasteiger partial charge is 0.419 e. The number of halogens is 1. The van der Waals surface area contributed by atoms with E-state index in [1.807, 2.05) is 19.1 Å². The number of aromatic nitrogens is 2. The lowest BCUT2D eigenvalue weighted by molar-refractivity contribution is 0.0947. The van der Waals surface area contributed by atoms with E-state index in [-0.39, 0.29) is 30.1 Å². The minimum absolute atomic E-state index is 0.126. The zero-order valence-electron chi connectivity index (χ0n) is 12.4. The summed E-state index contributed by atoms with van der Waals surface area (Å²) in [4.78, 5) is 12.0. The van der Waals surface area contributed by atoms with E-state index < -0.39 is 0 Å². The van der Waals surface area contributed by atoms with Gasteiger partial charge in [0.2, 0.25) is 11.8 Å².